The van der Waals surface area contributed by atoms with Crippen LogP contribution in [0.2, 0.25) is 0 Å². The average Bonchev–Trinajstić information content (AvgIpc) is 3.11. The summed E-state index contributed by atoms with van der Waals surface area (Å²) in [6.07, 6.45) is 2.18. The Hall–Kier alpha value is -2.20. The van der Waals surface area contributed by atoms with Crippen LogP contribution in [0.15, 0.2) is 47.5 Å². The van der Waals surface area contributed by atoms with Crippen molar-refractivity contribution in [1.29, 1.82) is 0 Å². The van der Waals surface area contributed by atoms with Gasteiger partial charge in [0.15, 0.2) is 11.5 Å². The van der Waals surface area contributed by atoms with E-state index < -0.39 is 0 Å². The zero-order valence-corrected chi connectivity index (χ0v) is 15.7. The van der Waals surface area contributed by atoms with Gasteiger partial charge in [0.25, 0.3) is 0 Å². The molecule has 1 fully saturated rings. The minimum atomic E-state index is 0.308. The highest BCUT2D eigenvalue weighted by molar-refractivity contribution is 7.78. The lowest BCUT2D eigenvalue weighted by Gasteiger charge is -2.40. The van der Waals surface area contributed by atoms with Gasteiger partial charge in [0.1, 0.15) is 0 Å². The molecule has 0 spiro atoms. The Labute approximate surface area is 159 Å². The first kappa shape index (κ1) is 17.2. The smallest absolute Gasteiger partial charge is 0.231 e. The van der Waals surface area contributed by atoms with E-state index in [0.717, 1.165) is 43.0 Å². The van der Waals surface area contributed by atoms with E-state index in [2.05, 4.69) is 52.3 Å². The van der Waals surface area contributed by atoms with Crippen LogP contribution in [0.1, 0.15) is 25.3 Å². The van der Waals surface area contributed by atoms with Crippen LogP contribution in [-0.2, 0) is 6.54 Å². The van der Waals surface area contributed by atoms with Gasteiger partial charge >= 0.3 is 0 Å². The molecule has 5 heteroatoms. The van der Waals surface area contributed by atoms with Gasteiger partial charge in [-0.1, -0.05) is 37.3 Å². The predicted octanol–water partition coefficient (Wildman–Crippen LogP) is 4.54. The molecule has 4 nitrogen and oxygen atoms in total. The third-order valence-electron chi connectivity index (χ3n) is 5.29. The molecule has 0 radical (unpaired) electrons. The van der Waals surface area contributed by atoms with Gasteiger partial charge in [-0.25, -0.2) is 4.99 Å². The van der Waals surface area contributed by atoms with Crippen molar-refractivity contribution < 1.29 is 9.47 Å². The van der Waals surface area contributed by atoms with E-state index in [9.17, 15) is 0 Å². The fraction of sp³-hybridized carbons (Fsp3) is 0.381. The largest absolute Gasteiger partial charge is 0.454 e. The number of fused-ring (bicyclic) bond motifs is 1. The molecule has 0 aromatic heterocycles. The molecule has 4 rings (SSSR count). The van der Waals surface area contributed by atoms with Crippen molar-refractivity contribution in [2.24, 2.45) is 4.99 Å². The molecule has 0 atom stereocenters. The first-order chi connectivity index (χ1) is 12.8. The molecule has 0 amide bonds. The standard InChI is InChI=1S/C21H22N2O2S/c1-2-23(19-10-18(11-19)22-13-26)12-15-3-5-16(6-4-15)17-7-8-20-21(9-17)25-14-24-20/h3-9,18-19H,2,10-12,14H2,1H3/t18-,19-. The van der Waals surface area contributed by atoms with Gasteiger partial charge in [0.05, 0.1) is 11.2 Å². The van der Waals surface area contributed by atoms with Crippen LogP contribution in [0.25, 0.3) is 11.1 Å². The maximum Gasteiger partial charge on any atom is 0.231 e. The SMILES string of the molecule is CCN(Cc1ccc(-c2ccc3c(c2)OCO3)cc1)[C@H]1C[C@H](N=C=S)C1. The summed E-state index contributed by atoms with van der Waals surface area (Å²) in [5.74, 6) is 1.64. The summed E-state index contributed by atoms with van der Waals surface area (Å²) in [4.78, 5) is 6.71. The Balaban J connectivity index is 1.42. The van der Waals surface area contributed by atoms with Crippen molar-refractivity contribution >= 4 is 17.4 Å². The molecule has 0 N–H and O–H groups in total. The second-order valence-corrected chi connectivity index (χ2v) is 7.01. The summed E-state index contributed by atoms with van der Waals surface area (Å²) >= 11 is 4.70. The van der Waals surface area contributed by atoms with Gasteiger partial charge in [-0.2, -0.15) is 0 Å². The fourth-order valence-electron chi connectivity index (χ4n) is 3.65. The van der Waals surface area contributed by atoms with E-state index in [4.69, 9.17) is 21.7 Å². The maximum atomic E-state index is 5.48. The van der Waals surface area contributed by atoms with E-state index in [1.165, 1.54) is 11.1 Å². The molecule has 0 unspecified atom stereocenters. The summed E-state index contributed by atoms with van der Waals surface area (Å²) in [5.41, 5.74) is 3.67. The van der Waals surface area contributed by atoms with Crippen molar-refractivity contribution in [3.8, 4) is 22.6 Å². The number of nitrogens with zero attached hydrogens (tertiary/aromatic N) is 2. The van der Waals surface area contributed by atoms with Crippen LogP contribution in [0.4, 0.5) is 0 Å². The minimum Gasteiger partial charge on any atom is -0.454 e. The van der Waals surface area contributed by atoms with Crippen LogP contribution in [-0.4, -0.2) is 35.5 Å². The molecular weight excluding hydrogens is 344 g/mol. The summed E-state index contributed by atoms with van der Waals surface area (Å²) in [5, 5.41) is 2.51. The summed E-state index contributed by atoms with van der Waals surface area (Å²) < 4.78 is 10.9. The van der Waals surface area contributed by atoms with Gasteiger partial charge < -0.3 is 9.47 Å². The number of thiocarbonyl (C=S) groups is 1. The highest BCUT2D eigenvalue weighted by Gasteiger charge is 2.32. The van der Waals surface area contributed by atoms with Crippen LogP contribution >= 0.6 is 12.2 Å². The lowest BCUT2D eigenvalue weighted by Crippen LogP contribution is -2.46. The van der Waals surface area contributed by atoms with Crippen molar-refractivity contribution in [3.63, 3.8) is 0 Å². The number of ether oxygens (including phenoxy) is 2. The monoisotopic (exact) mass is 366 g/mol. The molecule has 0 bridgehead atoms. The van der Waals surface area contributed by atoms with Gasteiger partial charge in [-0.3, -0.25) is 4.90 Å². The van der Waals surface area contributed by atoms with Crippen molar-refractivity contribution in [2.45, 2.75) is 38.4 Å². The highest BCUT2D eigenvalue weighted by Crippen LogP contribution is 2.36. The van der Waals surface area contributed by atoms with Crippen molar-refractivity contribution in [2.75, 3.05) is 13.3 Å². The van der Waals surface area contributed by atoms with E-state index in [1.807, 2.05) is 12.1 Å². The predicted molar refractivity (Wildman–Crippen MR) is 106 cm³/mol. The molecule has 26 heavy (non-hydrogen) atoms. The van der Waals surface area contributed by atoms with E-state index >= 15 is 0 Å². The Morgan fingerprint density at radius 2 is 1.81 bits per heavy atom. The second-order valence-electron chi connectivity index (χ2n) is 6.83. The molecule has 2 aromatic rings. The number of aliphatic imine (C=N–C) groups is 1. The van der Waals surface area contributed by atoms with Gasteiger partial charge in [-0.05, 0) is 60.4 Å². The first-order valence-corrected chi connectivity index (χ1v) is 9.47. The fourth-order valence-corrected chi connectivity index (χ4v) is 3.80. The third kappa shape index (κ3) is 3.51. The van der Waals surface area contributed by atoms with Gasteiger partial charge in [0.2, 0.25) is 6.79 Å². The lowest BCUT2D eigenvalue weighted by molar-refractivity contribution is 0.110. The molecule has 1 aliphatic carbocycles. The quantitative estimate of drug-likeness (QED) is 0.555. The lowest BCUT2D eigenvalue weighted by atomic mass is 9.85. The van der Waals surface area contributed by atoms with Crippen LogP contribution < -0.4 is 9.47 Å². The molecule has 2 aliphatic rings. The number of benzene rings is 2. The second kappa shape index (κ2) is 7.58. The Kier molecular flexibility index (Phi) is 5.02. The molecule has 1 saturated carbocycles. The summed E-state index contributed by atoms with van der Waals surface area (Å²) in [7, 11) is 0. The minimum absolute atomic E-state index is 0.308. The molecular formula is C21H22N2O2S. The van der Waals surface area contributed by atoms with E-state index in [1.54, 1.807) is 0 Å². The van der Waals surface area contributed by atoms with Crippen LogP contribution in [0, 0.1) is 0 Å². The zero-order valence-electron chi connectivity index (χ0n) is 14.9. The molecule has 134 valence electrons. The van der Waals surface area contributed by atoms with E-state index in [0.29, 0.717) is 18.9 Å². The topological polar surface area (TPSA) is 34.1 Å². The highest BCUT2D eigenvalue weighted by atomic mass is 32.1. The third-order valence-corrected chi connectivity index (χ3v) is 5.40. The van der Waals surface area contributed by atoms with E-state index in [-0.39, 0.29) is 0 Å². The molecule has 1 aliphatic heterocycles. The summed E-state index contributed by atoms with van der Waals surface area (Å²) in [6, 6.07) is 15.9. The Morgan fingerprint density at radius 3 is 2.54 bits per heavy atom. The Bertz CT molecular complexity index is 824. The number of rotatable bonds is 6. The maximum absolute atomic E-state index is 5.48. The van der Waals surface area contributed by atoms with Crippen molar-refractivity contribution in [1.82, 2.24) is 4.90 Å². The Morgan fingerprint density at radius 1 is 1.08 bits per heavy atom. The average molecular weight is 366 g/mol. The normalized spacial score (nSPS) is 20.5. The molecule has 0 saturated heterocycles. The summed E-state index contributed by atoms with van der Waals surface area (Å²) in [6.45, 7) is 4.54. The number of hydrogen-bond donors (Lipinski definition) is 0. The molecule has 1 heterocycles. The molecule has 2 aromatic carbocycles. The van der Waals surface area contributed by atoms with Gasteiger partial charge in [0, 0.05) is 12.6 Å². The van der Waals surface area contributed by atoms with Crippen LogP contribution in [0.5, 0.6) is 11.5 Å². The van der Waals surface area contributed by atoms with Crippen LogP contribution in [0.3, 0.4) is 0 Å². The zero-order chi connectivity index (χ0) is 17.9. The number of isothiocyanates is 1. The number of hydrogen-bond acceptors (Lipinski definition) is 5. The first-order valence-electron chi connectivity index (χ1n) is 9.07. The van der Waals surface area contributed by atoms with Gasteiger partial charge in [-0.15, -0.1) is 0 Å². The van der Waals surface area contributed by atoms with Crippen molar-refractivity contribution in [3.05, 3.63) is 48.0 Å².